The van der Waals surface area contributed by atoms with Crippen molar-refractivity contribution >= 4 is 24.2 Å². The molecule has 1 aliphatic heterocycles. The number of carbonyl (C=O) groups excluding carboxylic acids is 4. The van der Waals surface area contributed by atoms with Gasteiger partial charge in [0.1, 0.15) is 6.61 Å². The number of hydrogen-bond acceptors (Lipinski definition) is 7. The summed E-state index contributed by atoms with van der Waals surface area (Å²) >= 11 is 0. The number of methoxy groups -OCH3 is 2. The van der Waals surface area contributed by atoms with E-state index in [0.29, 0.717) is 19.4 Å². The second-order valence-electron chi connectivity index (χ2n) is 10.2. The summed E-state index contributed by atoms with van der Waals surface area (Å²) in [7, 11) is 4.77. The molecule has 1 aliphatic rings. The Hall–Kier alpha value is -2.98. The van der Waals surface area contributed by atoms with E-state index < -0.39 is 18.1 Å². The van der Waals surface area contributed by atoms with Crippen LogP contribution in [0.2, 0.25) is 0 Å². The SMILES string of the molecule is CCC(C)C(C(CC(=O)N1CCCC1C(OC)C(C)C(=O)OCc1ccccc1)OC)N(C)C(=O)CNC=O. The van der Waals surface area contributed by atoms with Crippen molar-refractivity contribution in [2.24, 2.45) is 11.8 Å². The van der Waals surface area contributed by atoms with Crippen molar-refractivity contribution in [3.8, 4) is 0 Å². The molecule has 0 aromatic heterocycles. The van der Waals surface area contributed by atoms with Gasteiger partial charge in [-0.25, -0.2) is 0 Å². The molecule has 6 atom stereocenters. The van der Waals surface area contributed by atoms with Gasteiger partial charge in [-0.15, -0.1) is 0 Å². The van der Waals surface area contributed by atoms with Gasteiger partial charge >= 0.3 is 5.97 Å². The molecule has 0 bridgehead atoms. The summed E-state index contributed by atoms with van der Waals surface area (Å²) in [6.45, 7) is 6.41. The van der Waals surface area contributed by atoms with Crippen molar-refractivity contribution in [3.63, 3.8) is 0 Å². The fraction of sp³-hybridized carbons (Fsp3) is 0.655. The Morgan fingerprint density at radius 2 is 1.85 bits per heavy atom. The number of likely N-dealkylation sites (N-methyl/N-ethyl adjacent to an activating group) is 1. The lowest BCUT2D eigenvalue weighted by atomic mass is 9.90. The Labute approximate surface area is 232 Å². The highest BCUT2D eigenvalue weighted by atomic mass is 16.5. The number of carbonyl (C=O) groups is 4. The first-order valence-electron chi connectivity index (χ1n) is 13.7. The van der Waals surface area contributed by atoms with Gasteiger partial charge in [0.05, 0.1) is 43.2 Å². The van der Waals surface area contributed by atoms with Crippen LogP contribution in [-0.2, 0) is 40.0 Å². The number of benzene rings is 1. The third-order valence-electron chi connectivity index (χ3n) is 7.82. The van der Waals surface area contributed by atoms with Crippen molar-refractivity contribution in [1.82, 2.24) is 15.1 Å². The lowest BCUT2D eigenvalue weighted by Gasteiger charge is -2.39. The maximum atomic E-state index is 13.6. The van der Waals surface area contributed by atoms with Crippen LogP contribution in [0.5, 0.6) is 0 Å². The standard InChI is InChI=1S/C29H45N3O7/c1-7-20(2)27(31(4)26(35)17-30-19-33)24(37-5)16-25(34)32-15-11-14-23(32)28(38-6)21(3)29(36)39-18-22-12-9-8-10-13-22/h8-10,12-13,19-21,23-24,27-28H,7,11,14-18H2,1-6H3,(H,30,33). The number of ether oxygens (including phenoxy) is 3. The molecular formula is C29H45N3O7. The number of nitrogens with one attached hydrogen (secondary N) is 1. The molecule has 1 fully saturated rings. The molecule has 1 saturated heterocycles. The number of likely N-dealkylation sites (tertiary alicyclic amines) is 1. The van der Waals surface area contributed by atoms with Crippen LogP contribution < -0.4 is 5.32 Å². The zero-order valence-electron chi connectivity index (χ0n) is 24.1. The zero-order chi connectivity index (χ0) is 28.9. The molecule has 1 N–H and O–H groups in total. The van der Waals surface area contributed by atoms with E-state index >= 15 is 0 Å². The van der Waals surface area contributed by atoms with Gasteiger partial charge in [0.25, 0.3) is 0 Å². The molecule has 2 rings (SSSR count). The Balaban J connectivity index is 2.12. The molecule has 6 unspecified atom stereocenters. The molecule has 10 heteroatoms. The van der Waals surface area contributed by atoms with Crippen molar-refractivity contribution in [2.45, 2.75) is 77.4 Å². The fourth-order valence-corrected chi connectivity index (χ4v) is 5.42. The van der Waals surface area contributed by atoms with E-state index in [9.17, 15) is 19.2 Å². The lowest BCUT2D eigenvalue weighted by Crippen LogP contribution is -2.53. The molecule has 0 aliphatic carbocycles. The quantitative estimate of drug-likeness (QED) is 0.250. The largest absolute Gasteiger partial charge is 0.461 e. The first kappa shape index (κ1) is 32.2. The Morgan fingerprint density at radius 3 is 2.44 bits per heavy atom. The van der Waals surface area contributed by atoms with E-state index in [2.05, 4.69) is 5.32 Å². The summed E-state index contributed by atoms with van der Waals surface area (Å²) in [6, 6.07) is 8.83. The van der Waals surface area contributed by atoms with Gasteiger partial charge in [-0.2, -0.15) is 0 Å². The predicted molar refractivity (Wildman–Crippen MR) is 146 cm³/mol. The van der Waals surface area contributed by atoms with Crippen molar-refractivity contribution in [3.05, 3.63) is 35.9 Å². The summed E-state index contributed by atoms with van der Waals surface area (Å²) in [4.78, 5) is 53.2. The van der Waals surface area contributed by atoms with Crippen LogP contribution in [0.3, 0.4) is 0 Å². The fourth-order valence-electron chi connectivity index (χ4n) is 5.42. The molecule has 10 nitrogen and oxygen atoms in total. The number of esters is 1. The minimum absolute atomic E-state index is 0.0495. The van der Waals surface area contributed by atoms with Crippen molar-refractivity contribution in [2.75, 3.05) is 34.4 Å². The minimum atomic E-state index is -0.572. The highest BCUT2D eigenvalue weighted by molar-refractivity contribution is 5.81. The highest BCUT2D eigenvalue weighted by Gasteiger charge is 2.42. The monoisotopic (exact) mass is 547 g/mol. The third kappa shape index (κ3) is 8.76. The summed E-state index contributed by atoms with van der Waals surface area (Å²) < 4.78 is 17.1. The van der Waals surface area contributed by atoms with E-state index in [4.69, 9.17) is 14.2 Å². The van der Waals surface area contributed by atoms with Crippen LogP contribution in [-0.4, -0.2) is 92.6 Å². The average Bonchev–Trinajstić information content (AvgIpc) is 3.44. The lowest BCUT2D eigenvalue weighted by molar-refractivity contribution is -0.158. The topological polar surface area (TPSA) is 114 Å². The molecule has 39 heavy (non-hydrogen) atoms. The zero-order valence-corrected chi connectivity index (χ0v) is 24.1. The highest BCUT2D eigenvalue weighted by Crippen LogP contribution is 2.29. The Kier molecular flexibility index (Phi) is 13.4. The van der Waals surface area contributed by atoms with E-state index in [1.54, 1.807) is 38.0 Å². The molecule has 0 radical (unpaired) electrons. The first-order chi connectivity index (χ1) is 18.7. The maximum absolute atomic E-state index is 13.6. The van der Waals surface area contributed by atoms with Gasteiger partial charge in [-0.3, -0.25) is 19.2 Å². The summed E-state index contributed by atoms with van der Waals surface area (Å²) in [5.41, 5.74) is 0.900. The molecule has 0 spiro atoms. The van der Waals surface area contributed by atoms with Gasteiger partial charge in [0.15, 0.2) is 0 Å². The summed E-state index contributed by atoms with van der Waals surface area (Å²) in [5, 5.41) is 2.41. The smallest absolute Gasteiger partial charge is 0.311 e. The summed E-state index contributed by atoms with van der Waals surface area (Å²) in [5.74, 6) is -1.27. The number of nitrogens with zero attached hydrogens (tertiary/aromatic N) is 2. The van der Waals surface area contributed by atoms with Gasteiger partial charge in [0, 0.05) is 27.8 Å². The van der Waals surface area contributed by atoms with E-state index in [-0.39, 0.29) is 55.4 Å². The van der Waals surface area contributed by atoms with Gasteiger partial charge in [0.2, 0.25) is 18.2 Å². The molecule has 1 aromatic carbocycles. The maximum Gasteiger partial charge on any atom is 0.311 e. The third-order valence-corrected chi connectivity index (χ3v) is 7.82. The van der Waals surface area contributed by atoms with Crippen LogP contribution in [0.1, 0.15) is 52.0 Å². The summed E-state index contributed by atoms with van der Waals surface area (Å²) in [6.07, 6.45) is 1.77. The molecule has 3 amide bonds. The van der Waals surface area contributed by atoms with E-state index in [1.165, 1.54) is 0 Å². The van der Waals surface area contributed by atoms with Gasteiger partial charge in [-0.05, 0) is 31.2 Å². The van der Waals surface area contributed by atoms with E-state index in [0.717, 1.165) is 18.4 Å². The van der Waals surface area contributed by atoms with Crippen molar-refractivity contribution < 1.29 is 33.4 Å². The predicted octanol–water partition coefficient (Wildman–Crippen LogP) is 2.40. The van der Waals surface area contributed by atoms with Crippen LogP contribution in [0.4, 0.5) is 0 Å². The molecular weight excluding hydrogens is 502 g/mol. The van der Waals surface area contributed by atoms with Crippen LogP contribution >= 0.6 is 0 Å². The van der Waals surface area contributed by atoms with Gasteiger partial charge < -0.3 is 29.3 Å². The second-order valence-corrected chi connectivity index (χ2v) is 10.2. The second kappa shape index (κ2) is 16.2. The number of hydrogen-bond donors (Lipinski definition) is 1. The minimum Gasteiger partial charge on any atom is -0.461 e. The van der Waals surface area contributed by atoms with Crippen LogP contribution in [0, 0.1) is 11.8 Å². The number of rotatable bonds is 16. The normalized spacial score (nSPS) is 18.9. The van der Waals surface area contributed by atoms with Crippen molar-refractivity contribution in [1.29, 1.82) is 0 Å². The Bertz CT molecular complexity index is 929. The van der Waals surface area contributed by atoms with Crippen LogP contribution in [0.15, 0.2) is 30.3 Å². The van der Waals surface area contributed by atoms with E-state index in [1.807, 2.05) is 44.2 Å². The molecule has 1 heterocycles. The molecule has 218 valence electrons. The molecule has 0 saturated carbocycles. The Morgan fingerprint density at radius 1 is 1.15 bits per heavy atom. The first-order valence-corrected chi connectivity index (χ1v) is 13.7. The van der Waals surface area contributed by atoms with Crippen LogP contribution in [0.25, 0.3) is 0 Å². The number of amides is 3. The average molecular weight is 548 g/mol. The molecule has 1 aromatic rings. The van der Waals surface area contributed by atoms with Gasteiger partial charge in [-0.1, -0.05) is 50.6 Å².